The second-order valence-corrected chi connectivity index (χ2v) is 6.48. The number of halogens is 1. The highest BCUT2D eigenvalue weighted by Crippen LogP contribution is 2.27. The van der Waals surface area contributed by atoms with Crippen LogP contribution in [0.2, 0.25) is 0 Å². The lowest BCUT2D eigenvalue weighted by molar-refractivity contribution is -0.139. The average molecular weight is 319 g/mol. The van der Waals surface area contributed by atoms with E-state index < -0.39 is 0 Å². The smallest absolute Gasteiger partial charge is 0.249 e. The molecule has 0 aromatic heterocycles. The number of ether oxygens (including phenoxy) is 1. The highest BCUT2D eigenvalue weighted by molar-refractivity contribution is 5.85. The minimum atomic E-state index is -0.271. The largest absolute Gasteiger partial charge is 0.365 e. The topological polar surface area (TPSA) is 50.4 Å². The Balaban J connectivity index is 0.00000220. The number of amides is 1. The van der Waals surface area contributed by atoms with Crippen molar-refractivity contribution >= 4 is 18.3 Å². The Morgan fingerprint density at radius 3 is 2.76 bits per heavy atom. The van der Waals surface area contributed by atoms with Gasteiger partial charge in [0, 0.05) is 12.6 Å². The first kappa shape index (κ1) is 18.7. The van der Waals surface area contributed by atoms with Gasteiger partial charge in [-0.1, -0.05) is 26.7 Å². The molecule has 1 heterocycles. The van der Waals surface area contributed by atoms with E-state index in [1.54, 1.807) is 0 Å². The van der Waals surface area contributed by atoms with E-state index in [2.05, 4.69) is 17.6 Å². The minimum Gasteiger partial charge on any atom is -0.365 e. The molecule has 0 spiro atoms. The molecule has 2 N–H and O–H groups in total. The zero-order valence-electron chi connectivity index (χ0n) is 13.4. The van der Waals surface area contributed by atoms with E-state index in [0.717, 1.165) is 51.1 Å². The zero-order valence-corrected chi connectivity index (χ0v) is 14.2. The molecule has 0 bridgehead atoms. The second-order valence-electron chi connectivity index (χ2n) is 6.48. The summed E-state index contributed by atoms with van der Waals surface area (Å²) >= 11 is 0. The summed E-state index contributed by atoms with van der Waals surface area (Å²) in [7, 11) is 0. The molecule has 4 atom stereocenters. The lowest BCUT2D eigenvalue weighted by atomic mass is 9.88. The van der Waals surface area contributed by atoms with Gasteiger partial charge >= 0.3 is 0 Å². The second kappa shape index (κ2) is 9.65. The van der Waals surface area contributed by atoms with E-state index in [1.165, 1.54) is 12.8 Å². The summed E-state index contributed by atoms with van der Waals surface area (Å²) in [5, 5.41) is 6.47. The van der Waals surface area contributed by atoms with Crippen molar-refractivity contribution in [3.63, 3.8) is 0 Å². The highest BCUT2D eigenvalue weighted by Gasteiger charge is 2.27. The van der Waals surface area contributed by atoms with Crippen LogP contribution in [0.25, 0.3) is 0 Å². The normalized spacial score (nSPS) is 31.0. The molecule has 2 fully saturated rings. The number of hydrogen-bond donors (Lipinski definition) is 2. The average Bonchev–Trinajstić information content (AvgIpc) is 2.46. The summed E-state index contributed by atoms with van der Waals surface area (Å²) in [6.45, 7) is 6.28. The Hall–Kier alpha value is -0.320. The summed E-state index contributed by atoms with van der Waals surface area (Å²) < 4.78 is 6.08. The Labute approximate surface area is 135 Å². The third-order valence-corrected chi connectivity index (χ3v) is 4.55. The number of carbonyl (C=O) groups excluding carboxylic acids is 1. The number of piperidine rings is 1. The van der Waals surface area contributed by atoms with Gasteiger partial charge in [-0.2, -0.15) is 0 Å². The summed E-state index contributed by atoms with van der Waals surface area (Å²) in [5.41, 5.74) is 0. The van der Waals surface area contributed by atoms with Crippen molar-refractivity contribution in [3.05, 3.63) is 0 Å². The van der Waals surface area contributed by atoms with Crippen molar-refractivity contribution in [2.45, 2.75) is 77.0 Å². The first-order valence-electron chi connectivity index (χ1n) is 8.35. The molecule has 0 radical (unpaired) electrons. The maximum Gasteiger partial charge on any atom is 0.249 e. The van der Waals surface area contributed by atoms with Crippen LogP contribution in [-0.4, -0.2) is 37.2 Å². The fraction of sp³-hybridized carbons (Fsp3) is 0.938. The molecule has 0 aromatic carbocycles. The first-order chi connectivity index (χ1) is 9.69. The molecule has 4 nitrogen and oxygen atoms in total. The van der Waals surface area contributed by atoms with Crippen LogP contribution in [0.4, 0.5) is 0 Å². The molecule has 21 heavy (non-hydrogen) atoms. The van der Waals surface area contributed by atoms with Crippen molar-refractivity contribution < 1.29 is 9.53 Å². The zero-order chi connectivity index (χ0) is 14.4. The van der Waals surface area contributed by atoms with Crippen molar-refractivity contribution in [2.75, 3.05) is 13.1 Å². The van der Waals surface area contributed by atoms with E-state index in [1.807, 2.05) is 6.92 Å². The molecular formula is C16H31ClN2O2. The molecular weight excluding hydrogens is 288 g/mol. The maximum absolute atomic E-state index is 12.3. The molecule has 2 aliphatic rings. The summed E-state index contributed by atoms with van der Waals surface area (Å²) in [4.78, 5) is 12.3. The van der Waals surface area contributed by atoms with Crippen molar-refractivity contribution in [2.24, 2.45) is 5.92 Å². The van der Waals surface area contributed by atoms with Crippen molar-refractivity contribution in [1.29, 1.82) is 0 Å². The fourth-order valence-corrected chi connectivity index (χ4v) is 3.35. The highest BCUT2D eigenvalue weighted by atomic mass is 35.5. The van der Waals surface area contributed by atoms with Gasteiger partial charge in [0.15, 0.2) is 0 Å². The van der Waals surface area contributed by atoms with E-state index in [4.69, 9.17) is 4.74 Å². The first-order valence-corrected chi connectivity index (χ1v) is 8.35. The van der Waals surface area contributed by atoms with Crippen LogP contribution in [0.3, 0.4) is 0 Å². The summed E-state index contributed by atoms with van der Waals surface area (Å²) in [6.07, 6.45) is 7.74. The predicted octanol–water partition coefficient (Wildman–Crippen LogP) is 2.65. The maximum atomic E-state index is 12.3. The molecule has 1 amide bonds. The van der Waals surface area contributed by atoms with Crippen LogP contribution < -0.4 is 10.6 Å². The van der Waals surface area contributed by atoms with E-state index in [-0.39, 0.29) is 36.6 Å². The standard InChI is InChI=1S/C16H30N2O2.ClH/c1-3-15(20-14-8-4-6-12(2)10-14)16(19)18-13-7-5-9-17-11-13;/h12-15,17H,3-11H2,1-2H3,(H,18,19);1H/t12?,13-,14?,15?;/m0./s1. The minimum absolute atomic E-state index is 0. The van der Waals surface area contributed by atoms with Crippen molar-refractivity contribution in [1.82, 2.24) is 10.6 Å². The SMILES string of the molecule is CCC(OC1CCCC(C)C1)C(=O)N[C@H]1CCCNC1.Cl. The Kier molecular flexibility index (Phi) is 8.60. The quantitative estimate of drug-likeness (QED) is 0.819. The van der Waals surface area contributed by atoms with Gasteiger partial charge in [0.05, 0.1) is 6.10 Å². The molecule has 1 aliphatic carbocycles. The molecule has 3 unspecified atom stereocenters. The van der Waals surface area contributed by atoms with Gasteiger partial charge in [-0.05, 0) is 44.6 Å². The molecule has 1 saturated heterocycles. The molecule has 1 aliphatic heterocycles. The lowest BCUT2D eigenvalue weighted by Gasteiger charge is -2.31. The Bertz CT molecular complexity index is 309. The van der Waals surface area contributed by atoms with Gasteiger partial charge in [0.25, 0.3) is 0 Å². The van der Waals surface area contributed by atoms with Crippen LogP contribution in [0.5, 0.6) is 0 Å². The predicted molar refractivity (Wildman–Crippen MR) is 87.9 cm³/mol. The summed E-state index contributed by atoms with van der Waals surface area (Å²) in [6, 6.07) is 0.277. The van der Waals surface area contributed by atoms with Gasteiger partial charge in [0.2, 0.25) is 5.91 Å². The van der Waals surface area contributed by atoms with E-state index >= 15 is 0 Å². The van der Waals surface area contributed by atoms with E-state index in [0.29, 0.717) is 0 Å². The van der Waals surface area contributed by atoms with Gasteiger partial charge in [-0.3, -0.25) is 4.79 Å². The van der Waals surface area contributed by atoms with Gasteiger partial charge < -0.3 is 15.4 Å². The van der Waals surface area contributed by atoms with Crippen LogP contribution in [0.1, 0.15) is 58.8 Å². The van der Waals surface area contributed by atoms with Crippen LogP contribution in [-0.2, 0) is 9.53 Å². The van der Waals surface area contributed by atoms with Crippen LogP contribution in [0, 0.1) is 5.92 Å². The molecule has 5 heteroatoms. The Morgan fingerprint density at radius 2 is 2.14 bits per heavy atom. The molecule has 2 rings (SSSR count). The van der Waals surface area contributed by atoms with Gasteiger partial charge in [0.1, 0.15) is 6.10 Å². The van der Waals surface area contributed by atoms with E-state index in [9.17, 15) is 4.79 Å². The Morgan fingerprint density at radius 1 is 1.33 bits per heavy atom. The molecule has 1 saturated carbocycles. The third-order valence-electron chi connectivity index (χ3n) is 4.55. The van der Waals surface area contributed by atoms with Gasteiger partial charge in [-0.15, -0.1) is 12.4 Å². The van der Waals surface area contributed by atoms with Gasteiger partial charge in [-0.25, -0.2) is 0 Å². The van der Waals surface area contributed by atoms with Crippen molar-refractivity contribution in [3.8, 4) is 0 Å². The number of rotatable bonds is 5. The number of hydrogen-bond acceptors (Lipinski definition) is 3. The molecule has 124 valence electrons. The summed E-state index contributed by atoms with van der Waals surface area (Å²) in [5.74, 6) is 0.816. The fourth-order valence-electron chi connectivity index (χ4n) is 3.35. The lowest BCUT2D eigenvalue weighted by Crippen LogP contribution is -2.49. The number of carbonyl (C=O) groups is 1. The number of nitrogens with one attached hydrogen (secondary N) is 2. The third kappa shape index (κ3) is 6.13. The molecule has 0 aromatic rings. The van der Waals surface area contributed by atoms with Crippen LogP contribution >= 0.6 is 12.4 Å². The van der Waals surface area contributed by atoms with Crippen LogP contribution in [0.15, 0.2) is 0 Å². The monoisotopic (exact) mass is 318 g/mol.